The monoisotopic (exact) mass is 379 g/mol. The minimum absolute atomic E-state index is 0.241. The van der Waals surface area contributed by atoms with E-state index in [1.807, 2.05) is 6.92 Å². The molecule has 2 N–H and O–H groups in total. The number of urea groups is 1. The molecule has 9 heteroatoms. The van der Waals surface area contributed by atoms with Crippen molar-refractivity contribution in [2.45, 2.75) is 46.4 Å². The average Bonchev–Trinajstić information content (AvgIpc) is 3.04. The SMILES string of the molecule is CCn1ncnc1C(C)NC(=O)Nc1cc(C(=O)OC(C)C)ccc1Cl. The molecule has 0 aliphatic rings. The summed E-state index contributed by atoms with van der Waals surface area (Å²) in [6, 6.07) is 3.73. The summed E-state index contributed by atoms with van der Waals surface area (Å²) in [6.07, 6.45) is 1.20. The van der Waals surface area contributed by atoms with Crippen LogP contribution in [0.4, 0.5) is 10.5 Å². The van der Waals surface area contributed by atoms with E-state index >= 15 is 0 Å². The number of carbonyl (C=O) groups is 2. The van der Waals surface area contributed by atoms with Crippen molar-refractivity contribution >= 4 is 29.3 Å². The number of hydrogen-bond acceptors (Lipinski definition) is 5. The summed E-state index contributed by atoms with van der Waals surface area (Å²) in [7, 11) is 0. The van der Waals surface area contributed by atoms with Gasteiger partial charge in [0.1, 0.15) is 12.2 Å². The highest BCUT2D eigenvalue weighted by molar-refractivity contribution is 6.33. The molecular formula is C17H22ClN5O3. The van der Waals surface area contributed by atoms with Crippen molar-refractivity contribution in [2.24, 2.45) is 0 Å². The number of aryl methyl sites for hydroxylation is 1. The van der Waals surface area contributed by atoms with Gasteiger partial charge in [0.15, 0.2) is 0 Å². The van der Waals surface area contributed by atoms with Gasteiger partial charge in [-0.25, -0.2) is 19.3 Å². The molecule has 0 saturated heterocycles. The fraction of sp³-hybridized carbons (Fsp3) is 0.412. The quantitative estimate of drug-likeness (QED) is 0.749. The molecule has 0 spiro atoms. The van der Waals surface area contributed by atoms with E-state index in [1.165, 1.54) is 18.5 Å². The molecule has 8 nitrogen and oxygen atoms in total. The van der Waals surface area contributed by atoms with E-state index in [0.717, 1.165) is 0 Å². The largest absolute Gasteiger partial charge is 0.459 e. The number of aromatic nitrogens is 3. The molecule has 0 aliphatic heterocycles. The number of esters is 1. The maximum atomic E-state index is 12.3. The summed E-state index contributed by atoms with van der Waals surface area (Å²) in [5.41, 5.74) is 0.615. The molecule has 1 unspecified atom stereocenters. The van der Waals surface area contributed by atoms with Crippen LogP contribution < -0.4 is 10.6 Å². The van der Waals surface area contributed by atoms with Crippen molar-refractivity contribution in [1.29, 1.82) is 0 Å². The Morgan fingerprint density at radius 1 is 1.31 bits per heavy atom. The normalized spacial score (nSPS) is 11.9. The summed E-state index contributed by atoms with van der Waals surface area (Å²) < 4.78 is 6.84. The minimum Gasteiger partial charge on any atom is -0.459 e. The van der Waals surface area contributed by atoms with Crippen molar-refractivity contribution in [3.05, 3.63) is 40.9 Å². The van der Waals surface area contributed by atoms with Gasteiger partial charge in [-0.2, -0.15) is 5.10 Å². The van der Waals surface area contributed by atoms with Crippen LogP contribution in [-0.4, -0.2) is 32.9 Å². The number of nitrogens with zero attached hydrogens (tertiary/aromatic N) is 3. The molecule has 1 aromatic heterocycles. The molecule has 1 heterocycles. The van der Waals surface area contributed by atoms with Crippen LogP contribution in [0.3, 0.4) is 0 Å². The van der Waals surface area contributed by atoms with Crippen LogP contribution in [0.25, 0.3) is 0 Å². The molecule has 2 amide bonds. The van der Waals surface area contributed by atoms with Crippen LogP contribution >= 0.6 is 11.6 Å². The van der Waals surface area contributed by atoms with E-state index in [-0.39, 0.29) is 12.1 Å². The first kappa shape index (κ1) is 19.7. The van der Waals surface area contributed by atoms with Gasteiger partial charge in [-0.3, -0.25) is 0 Å². The zero-order valence-corrected chi connectivity index (χ0v) is 15.9. The highest BCUT2D eigenvalue weighted by Crippen LogP contribution is 2.24. The van der Waals surface area contributed by atoms with Crippen LogP contribution in [0.15, 0.2) is 24.5 Å². The molecule has 26 heavy (non-hydrogen) atoms. The standard InChI is InChI=1S/C17H22ClN5O3/c1-5-23-15(19-9-20-23)11(4)21-17(25)22-14-8-12(6-7-13(14)18)16(24)26-10(2)3/h6-11H,5H2,1-4H3,(H2,21,22,25). The Bertz CT molecular complexity index is 790. The molecule has 0 saturated carbocycles. The Kier molecular flexibility index (Phi) is 6.57. The summed E-state index contributed by atoms with van der Waals surface area (Å²) in [4.78, 5) is 28.4. The number of hydrogen-bond donors (Lipinski definition) is 2. The van der Waals surface area contributed by atoms with E-state index < -0.39 is 12.0 Å². The lowest BCUT2D eigenvalue weighted by molar-refractivity contribution is 0.0378. The second kappa shape index (κ2) is 8.66. The van der Waals surface area contributed by atoms with Crippen LogP contribution in [0.1, 0.15) is 49.9 Å². The second-order valence-electron chi connectivity index (χ2n) is 5.90. The fourth-order valence-electron chi connectivity index (χ4n) is 2.30. The number of anilines is 1. The lowest BCUT2D eigenvalue weighted by Crippen LogP contribution is -2.32. The van der Waals surface area contributed by atoms with Crippen molar-refractivity contribution < 1.29 is 14.3 Å². The van der Waals surface area contributed by atoms with Crippen molar-refractivity contribution in [3.63, 3.8) is 0 Å². The van der Waals surface area contributed by atoms with E-state index in [1.54, 1.807) is 31.5 Å². The summed E-state index contributed by atoms with van der Waals surface area (Å²) >= 11 is 6.11. The first-order valence-corrected chi connectivity index (χ1v) is 8.65. The van der Waals surface area contributed by atoms with E-state index in [2.05, 4.69) is 20.7 Å². The van der Waals surface area contributed by atoms with Crippen LogP contribution in [0.2, 0.25) is 5.02 Å². The Labute approximate surface area is 156 Å². The zero-order chi connectivity index (χ0) is 19.3. The predicted octanol–water partition coefficient (Wildman–Crippen LogP) is 3.40. The number of nitrogens with one attached hydrogen (secondary N) is 2. The number of halogens is 1. The van der Waals surface area contributed by atoms with Crippen LogP contribution in [0.5, 0.6) is 0 Å². The van der Waals surface area contributed by atoms with Gasteiger partial charge in [0.2, 0.25) is 0 Å². The highest BCUT2D eigenvalue weighted by Gasteiger charge is 2.17. The van der Waals surface area contributed by atoms with Gasteiger partial charge in [0, 0.05) is 6.54 Å². The zero-order valence-electron chi connectivity index (χ0n) is 15.1. The third-order valence-electron chi connectivity index (χ3n) is 3.47. The molecule has 0 bridgehead atoms. The second-order valence-corrected chi connectivity index (χ2v) is 6.31. The lowest BCUT2D eigenvalue weighted by atomic mass is 10.2. The number of amides is 2. The Balaban J connectivity index is 2.07. The van der Waals surface area contributed by atoms with Crippen molar-refractivity contribution in [1.82, 2.24) is 20.1 Å². The maximum Gasteiger partial charge on any atom is 0.338 e. The fourth-order valence-corrected chi connectivity index (χ4v) is 2.47. The maximum absolute atomic E-state index is 12.3. The molecule has 0 fully saturated rings. The summed E-state index contributed by atoms with van der Waals surface area (Å²) in [5, 5.41) is 9.80. The van der Waals surface area contributed by atoms with Gasteiger partial charge in [-0.15, -0.1) is 0 Å². The molecule has 140 valence electrons. The van der Waals surface area contributed by atoms with E-state index in [4.69, 9.17) is 16.3 Å². The third kappa shape index (κ3) is 4.95. The first-order chi connectivity index (χ1) is 12.3. The van der Waals surface area contributed by atoms with Gasteiger partial charge in [-0.1, -0.05) is 11.6 Å². The smallest absolute Gasteiger partial charge is 0.338 e. The number of ether oxygens (including phenoxy) is 1. The van der Waals surface area contributed by atoms with Crippen molar-refractivity contribution in [2.75, 3.05) is 5.32 Å². The molecule has 0 radical (unpaired) electrons. The minimum atomic E-state index is -0.482. The summed E-state index contributed by atoms with van der Waals surface area (Å²) in [6.45, 7) is 7.91. The first-order valence-electron chi connectivity index (χ1n) is 8.27. The van der Waals surface area contributed by atoms with Crippen LogP contribution in [-0.2, 0) is 11.3 Å². The molecule has 0 aliphatic carbocycles. The van der Waals surface area contributed by atoms with Gasteiger partial charge in [0.25, 0.3) is 0 Å². The van der Waals surface area contributed by atoms with Gasteiger partial charge >= 0.3 is 12.0 Å². The Morgan fingerprint density at radius 2 is 2.04 bits per heavy atom. The Morgan fingerprint density at radius 3 is 2.69 bits per heavy atom. The van der Waals surface area contributed by atoms with E-state index in [0.29, 0.717) is 28.6 Å². The van der Waals surface area contributed by atoms with Crippen LogP contribution in [0, 0.1) is 0 Å². The molecule has 2 rings (SSSR count). The highest BCUT2D eigenvalue weighted by atomic mass is 35.5. The number of benzene rings is 1. The van der Waals surface area contributed by atoms with Crippen molar-refractivity contribution in [3.8, 4) is 0 Å². The number of rotatable bonds is 6. The lowest BCUT2D eigenvalue weighted by Gasteiger charge is -2.16. The van der Waals surface area contributed by atoms with E-state index in [9.17, 15) is 9.59 Å². The Hall–Kier alpha value is -2.61. The van der Waals surface area contributed by atoms with Gasteiger partial charge < -0.3 is 15.4 Å². The molecule has 2 aromatic rings. The molecule has 1 atom stereocenters. The number of carbonyl (C=O) groups excluding carboxylic acids is 2. The average molecular weight is 380 g/mol. The molecule has 1 aromatic carbocycles. The topological polar surface area (TPSA) is 98.1 Å². The summed E-state index contributed by atoms with van der Waals surface area (Å²) in [5.74, 6) is 0.160. The predicted molar refractivity (Wildman–Crippen MR) is 98.3 cm³/mol. The van der Waals surface area contributed by atoms with Gasteiger partial charge in [-0.05, 0) is 45.9 Å². The molecular weight excluding hydrogens is 358 g/mol. The van der Waals surface area contributed by atoms with Gasteiger partial charge in [0.05, 0.1) is 28.4 Å². The third-order valence-corrected chi connectivity index (χ3v) is 3.80.